The van der Waals surface area contributed by atoms with E-state index in [9.17, 15) is 9.50 Å². The monoisotopic (exact) mass is 315 g/mol. The lowest BCUT2D eigenvalue weighted by Crippen LogP contribution is -2.25. The molecule has 0 unspecified atom stereocenters. The predicted molar refractivity (Wildman–Crippen MR) is 82.9 cm³/mol. The summed E-state index contributed by atoms with van der Waals surface area (Å²) in [4.78, 5) is 2.31. The Morgan fingerprint density at radius 1 is 1.04 bits per heavy atom. The van der Waals surface area contributed by atoms with Crippen LogP contribution < -0.4 is 9.47 Å². The first-order chi connectivity index (χ1) is 11.2. The zero-order chi connectivity index (χ0) is 15.8. The summed E-state index contributed by atoms with van der Waals surface area (Å²) in [6, 6.07) is 10.6. The first-order valence-corrected chi connectivity index (χ1v) is 7.79. The number of ether oxygens (including phenoxy) is 2. The minimum absolute atomic E-state index is 0.195. The fraction of sp³-hybridized carbons (Fsp3) is 0.333. The molecule has 0 aromatic heterocycles. The number of fused-ring (bicyclic) bond motifs is 1. The average Bonchev–Trinajstić information content (AvgIpc) is 3.29. The molecule has 1 N–H and O–H groups in total. The smallest absolute Gasteiger partial charge is 0.231 e. The Labute approximate surface area is 134 Å². The maximum absolute atomic E-state index is 13.0. The molecule has 0 atom stereocenters. The number of nitrogens with zero attached hydrogens (tertiary/aromatic N) is 1. The summed E-state index contributed by atoms with van der Waals surface area (Å²) in [6.45, 7) is 1.56. The molecular formula is C18H18FNO3. The molecule has 23 heavy (non-hydrogen) atoms. The molecule has 120 valence electrons. The van der Waals surface area contributed by atoms with Gasteiger partial charge in [0.1, 0.15) is 11.6 Å². The Morgan fingerprint density at radius 3 is 2.43 bits per heavy atom. The molecule has 1 aliphatic heterocycles. The molecule has 2 aliphatic rings. The molecule has 2 aromatic carbocycles. The molecule has 1 heterocycles. The lowest BCUT2D eigenvalue weighted by atomic mass is 10.1. The van der Waals surface area contributed by atoms with Gasteiger partial charge in [-0.05, 0) is 36.6 Å². The van der Waals surface area contributed by atoms with Crippen LogP contribution in [0.25, 0.3) is 0 Å². The zero-order valence-corrected chi connectivity index (χ0v) is 12.7. The van der Waals surface area contributed by atoms with E-state index >= 15 is 0 Å². The third kappa shape index (κ3) is 3.10. The third-order valence-corrected chi connectivity index (χ3v) is 4.31. The van der Waals surface area contributed by atoms with Gasteiger partial charge in [-0.1, -0.05) is 12.1 Å². The van der Waals surface area contributed by atoms with Gasteiger partial charge in [-0.25, -0.2) is 4.39 Å². The lowest BCUT2D eigenvalue weighted by Gasteiger charge is -2.23. The van der Waals surface area contributed by atoms with E-state index in [1.165, 1.54) is 12.1 Å². The highest BCUT2D eigenvalue weighted by molar-refractivity contribution is 5.51. The van der Waals surface area contributed by atoms with Crippen LogP contribution in [-0.2, 0) is 13.1 Å². The summed E-state index contributed by atoms with van der Waals surface area (Å²) < 4.78 is 23.7. The number of phenolic OH excluding ortho intramolecular Hbond substituents is 1. The average molecular weight is 315 g/mol. The van der Waals surface area contributed by atoms with Crippen LogP contribution in [0.15, 0.2) is 36.4 Å². The van der Waals surface area contributed by atoms with Crippen molar-refractivity contribution in [2.45, 2.75) is 32.0 Å². The van der Waals surface area contributed by atoms with E-state index in [0.717, 1.165) is 30.5 Å². The Morgan fingerprint density at radius 2 is 1.74 bits per heavy atom. The summed E-state index contributed by atoms with van der Waals surface area (Å²) in [6.07, 6.45) is 2.32. The van der Waals surface area contributed by atoms with Gasteiger partial charge in [0.05, 0.1) is 0 Å². The van der Waals surface area contributed by atoms with E-state index in [-0.39, 0.29) is 18.4 Å². The maximum atomic E-state index is 13.0. The first-order valence-electron chi connectivity index (χ1n) is 7.79. The molecule has 0 amide bonds. The Hall–Kier alpha value is -2.27. The number of rotatable bonds is 5. The molecule has 0 saturated heterocycles. The molecule has 1 fully saturated rings. The van der Waals surface area contributed by atoms with E-state index in [0.29, 0.717) is 24.1 Å². The highest BCUT2D eigenvalue weighted by Gasteiger charge is 2.30. The minimum Gasteiger partial charge on any atom is -0.507 e. The Bertz CT molecular complexity index is 713. The molecule has 1 saturated carbocycles. The number of hydrogen-bond donors (Lipinski definition) is 1. The Kier molecular flexibility index (Phi) is 3.58. The van der Waals surface area contributed by atoms with Crippen LogP contribution in [-0.4, -0.2) is 22.8 Å². The van der Waals surface area contributed by atoms with Crippen molar-refractivity contribution in [2.24, 2.45) is 0 Å². The van der Waals surface area contributed by atoms with Crippen LogP contribution in [0.4, 0.5) is 4.39 Å². The summed E-state index contributed by atoms with van der Waals surface area (Å²) in [5, 5.41) is 10.2. The van der Waals surface area contributed by atoms with E-state index < -0.39 is 0 Å². The second-order valence-electron chi connectivity index (χ2n) is 6.10. The molecular weight excluding hydrogens is 297 g/mol. The van der Waals surface area contributed by atoms with Gasteiger partial charge in [-0.15, -0.1) is 0 Å². The number of halogens is 1. The summed E-state index contributed by atoms with van der Waals surface area (Å²) in [5.41, 5.74) is 1.89. The van der Waals surface area contributed by atoms with Crippen molar-refractivity contribution < 1.29 is 19.0 Å². The van der Waals surface area contributed by atoms with Gasteiger partial charge >= 0.3 is 0 Å². The molecule has 4 rings (SSSR count). The van der Waals surface area contributed by atoms with E-state index in [1.807, 2.05) is 18.2 Å². The fourth-order valence-corrected chi connectivity index (χ4v) is 2.90. The highest BCUT2D eigenvalue weighted by Crippen LogP contribution is 2.39. The maximum Gasteiger partial charge on any atom is 0.231 e. The molecule has 2 aromatic rings. The van der Waals surface area contributed by atoms with E-state index in [2.05, 4.69) is 4.90 Å². The van der Waals surface area contributed by atoms with Crippen LogP contribution in [0.3, 0.4) is 0 Å². The van der Waals surface area contributed by atoms with Gasteiger partial charge in [0, 0.05) is 30.8 Å². The topological polar surface area (TPSA) is 41.9 Å². The molecule has 5 heteroatoms. The van der Waals surface area contributed by atoms with Gasteiger partial charge < -0.3 is 14.6 Å². The van der Waals surface area contributed by atoms with Crippen LogP contribution in [0.2, 0.25) is 0 Å². The standard InChI is InChI=1S/C18H18FNO3/c19-14-3-1-12(2-4-14)9-20(15-5-6-15)10-13-7-17-18(8-16(13)21)23-11-22-17/h1-4,7-8,15,21H,5-6,9-11H2. The first kappa shape index (κ1) is 14.3. The van der Waals surface area contributed by atoms with Crippen molar-refractivity contribution in [1.82, 2.24) is 4.90 Å². The third-order valence-electron chi connectivity index (χ3n) is 4.31. The molecule has 0 spiro atoms. The largest absolute Gasteiger partial charge is 0.507 e. The van der Waals surface area contributed by atoms with Crippen molar-refractivity contribution >= 4 is 0 Å². The molecule has 0 radical (unpaired) electrons. The number of hydrogen-bond acceptors (Lipinski definition) is 4. The minimum atomic E-state index is -0.222. The normalized spacial score (nSPS) is 16.1. The number of benzene rings is 2. The zero-order valence-electron chi connectivity index (χ0n) is 12.7. The molecule has 4 nitrogen and oxygen atoms in total. The number of aromatic hydroxyl groups is 1. The second-order valence-corrected chi connectivity index (χ2v) is 6.10. The van der Waals surface area contributed by atoms with Crippen LogP contribution in [0.5, 0.6) is 17.2 Å². The van der Waals surface area contributed by atoms with Gasteiger partial charge in [0.25, 0.3) is 0 Å². The van der Waals surface area contributed by atoms with Gasteiger partial charge in [-0.2, -0.15) is 0 Å². The van der Waals surface area contributed by atoms with E-state index in [4.69, 9.17) is 9.47 Å². The van der Waals surface area contributed by atoms with Gasteiger partial charge in [0.15, 0.2) is 11.5 Å². The SMILES string of the molecule is Oc1cc2c(cc1CN(Cc1ccc(F)cc1)C1CC1)OCO2. The van der Waals surface area contributed by atoms with Gasteiger partial charge in [-0.3, -0.25) is 4.90 Å². The number of phenols is 1. The van der Waals surface area contributed by atoms with Crippen molar-refractivity contribution in [3.05, 3.63) is 53.3 Å². The highest BCUT2D eigenvalue weighted by atomic mass is 19.1. The summed E-state index contributed by atoms with van der Waals surface area (Å²) in [7, 11) is 0. The summed E-state index contributed by atoms with van der Waals surface area (Å²) in [5.74, 6) is 1.26. The lowest BCUT2D eigenvalue weighted by molar-refractivity contribution is 0.173. The Balaban J connectivity index is 1.53. The van der Waals surface area contributed by atoms with Crippen LogP contribution in [0, 0.1) is 5.82 Å². The van der Waals surface area contributed by atoms with Crippen molar-refractivity contribution in [3.63, 3.8) is 0 Å². The predicted octanol–water partition coefficient (Wildman–Crippen LogP) is 3.42. The van der Waals surface area contributed by atoms with Crippen LogP contribution in [0.1, 0.15) is 24.0 Å². The van der Waals surface area contributed by atoms with Crippen LogP contribution >= 0.6 is 0 Å². The van der Waals surface area contributed by atoms with Crippen molar-refractivity contribution in [3.8, 4) is 17.2 Å². The molecule has 0 bridgehead atoms. The fourth-order valence-electron chi connectivity index (χ4n) is 2.90. The molecule has 1 aliphatic carbocycles. The quantitative estimate of drug-likeness (QED) is 0.918. The van der Waals surface area contributed by atoms with Gasteiger partial charge in [0.2, 0.25) is 6.79 Å². The summed E-state index contributed by atoms with van der Waals surface area (Å²) >= 11 is 0. The van der Waals surface area contributed by atoms with Crippen molar-refractivity contribution in [2.75, 3.05) is 6.79 Å². The van der Waals surface area contributed by atoms with E-state index in [1.54, 1.807) is 6.07 Å². The van der Waals surface area contributed by atoms with Crippen molar-refractivity contribution in [1.29, 1.82) is 0 Å². The second kappa shape index (κ2) is 5.74.